The fourth-order valence-electron chi connectivity index (χ4n) is 0.575. The van der Waals surface area contributed by atoms with Gasteiger partial charge in [0.25, 0.3) is 0 Å². The third-order valence-electron chi connectivity index (χ3n) is 0.929. The highest BCUT2D eigenvalue weighted by molar-refractivity contribution is 8.00. The molecular formula is C5H7ClN4S. The summed E-state index contributed by atoms with van der Waals surface area (Å²) in [6.07, 6.45) is 0. The molecule has 0 aliphatic heterocycles. The molecule has 1 rings (SSSR count). The zero-order valence-electron chi connectivity index (χ0n) is 5.62. The number of thioether (sulfide) groups is 1. The number of nitrogens with two attached hydrogens (primary N) is 2. The van der Waals surface area contributed by atoms with Crippen LogP contribution in [0, 0.1) is 0 Å². The SMILES string of the molecule is Nc1cc(N)nc(SCCl)n1. The van der Waals surface area contributed by atoms with E-state index in [0.717, 1.165) is 0 Å². The molecule has 0 atom stereocenters. The summed E-state index contributed by atoms with van der Waals surface area (Å²) < 4.78 is 0. The lowest BCUT2D eigenvalue weighted by Gasteiger charge is -1.98. The van der Waals surface area contributed by atoms with Gasteiger partial charge in [-0.3, -0.25) is 0 Å². The summed E-state index contributed by atoms with van der Waals surface area (Å²) in [5.41, 5.74) is 10.8. The van der Waals surface area contributed by atoms with Crippen molar-refractivity contribution in [3.8, 4) is 0 Å². The first-order chi connectivity index (χ1) is 5.22. The van der Waals surface area contributed by atoms with Crippen molar-refractivity contribution in [2.24, 2.45) is 0 Å². The molecule has 6 heteroatoms. The lowest BCUT2D eigenvalue weighted by molar-refractivity contribution is 0.988. The first-order valence-electron chi connectivity index (χ1n) is 2.81. The fraction of sp³-hybridized carbons (Fsp3) is 0.200. The molecule has 0 radical (unpaired) electrons. The zero-order chi connectivity index (χ0) is 8.27. The molecule has 0 aliphatic carbocycles. The number of alkyl halides is 1. The third kappa shape index (κ3) is 2.44. The number of hydrogen-bond donors (Lipinski definition) is 2. The second-order valence-corrected chi connectivity index (χ2v) is 3.28. The van der Waals surface area contributed by atoms with Gasteiger partial charge in [-0.25, -0.2) is 9.97 Å². The smallest absolute Gasteiger partial charge is 0.192 e. The van der Waals surface area contributed by atoms with E-state index in [4.69, 9.17) is 23.1 Å². The average molecular weight is 191 g/mol. The molecule has 0 amide bonds. The van der Waals surface area contributed by atoms with Gasteiger partial charge in [0.1, 0.15) is 11.6 Å². The molecule has 4 nitrogen and oxygen atoms in total. The van der Waals surface area contributed by atoms with Gasteiger partial charge in [-0.1, -0.05) is 11.8 Å². The average Bonchev–Trinajstić information content (AvgIpc) is 1.85. The second kappa shape index (κ2) is 3.64. The summed E-state index contributed by atoms with van der Waals surface area (Å²) in [4.78, 5) is 7.78. The summed E-state index contributed by atoms with van der Waals surface area (Å²) in [5, 5.41) is 0.903. The van der Waals surface area contributed by atoms with Gasteiger partial charge in [-0.2, -0.15) is 0 Å². The highest BCUT2D eigenvalue weighted by Crippen LogP contribution is 2.16. The number of halogens is 1. The Labute approximate surface area is 73.3 Å². The van der Waals surface area contributed by atoms with Gasteiger partial charge in [-0.15, -0.1) is 11.6 Å². The predicted octanol–water partition coefficient (Wildman–Crippen LogP) is 0.929. The molecule has 0 aromatic carbocycles. The van der Waals surface area contributed by atoms with Crippen LogP contribution in [0.25, 0.3) is 0 Å². The van der Waals surface area contributed by atoms with Gasteiger partial charge in [-0.05, 0) is 0 Å². The van der Waals surface area contributed by atoms with Gasteiger partial charge in [0, 0.05) is 6.07 Å². The minimum absolute atomic E-state index is 0.366. The molecule has 60 valence electrons. The topological polar surface area (TPSA) is 77.8 Å². The van der Waals surface area contributed by atoms with Crippen LogP contribution in [0.3, 0.4) is 0 Å². The molecule has 1 heterocycles. The molecule has 4 N–H and O–H groups in total. The fourth-order valence-corrected chi connectivity index (χ4v) is 1.31. The molecule has 0 aliphatic rings. The Bertz CT molecular complexity index is 234. The van der Waals surface area contributed by atoms with Crippen molar-refractivity contribution in [1.82, 2.24) is 9.97 Å². The number of nitrogen functional groups attached to an aromatic ring is 2. The van der Waals surface area contributed by atoms with Gasteiger partial charge >= 0.3 is 0 Å². The summed E-state index contributed by atoms with van der Waals surface area (Å²) in [6.45, 7) is 0. The van der Waals surface area contributed by atoms with Gasteiger partial charge in [0.05, 0.1) is 5.21 Å². The van der Waals surface area contributed by atoms with E-state index in [1.807, 2.05) is 0 Å². The van der Waals surface area contributed by atoms with E-state index >= 15 is 0 Å². The van der Waals surface area contributed by atoms with Crippen molar-refractivity contribution in [2.75, 3.05) is 16.7 Å². The van der Waals surface area contributed by atoms with E-state index in [2.05, 4.69) is 9.97 Å². The zero-order valence-corrected chi connectivity index (χ0v) is 7.19. The van der Waals surface area contributed by atoms with E-state index in [-0.39, 0.29) is 0 Å². The van der Waals surface area contributed by atoms with Crippen LogP contribution in [0.1, 0.15) is 0 Å². The Balaban J connectivity index is 2.89. The van der Waals surface area contributed by atoms with Crippen LogP contribution in [-0.2, 0) is 0 Å². The van der Waals surface area contributed by atoms with E-state index in [0.29, 0.717) is 22.0 Å². The van der Waals surface area contributed by atoms with Crippen molar-refractivity contribution in [3.05, 3.63) is 6.07 Å². The molecule has 0 saturated carbocycles. The quantitative estimate of drug-likeness (QED) is 0.412. The van der Waals surface area contributed by atoms with Crippen LogP contribution < -0.4 is 11.5 Å². The van der Waals surface area contributed by atoms with Crippen LogP contribution >= 0.6 is 23.4 Å². The van der Waals surface area contributed by atoms with Crippen LogP contribution in [0.15, 0.2) is 11.2 Å². The van der Waals surface area contributed by atoms with Crippen LogP contribution in [0.2, 0.25) is 0 Å². The minimum atomic E-state index is 0.366. The Kier molecular flexibility index (Phi) is 2.78. The lowest BCUT2D eigenvalue weighted by Crippen LogP contribution is -1.98. The van der Waals surface area contributed by atoms with Gasteiger partial charge in [0.15, 0.2) is 5.16 Å². The monoisotopic (exact) mass is 190 g/mol. The summed E-state index contributed by atoms with van der Waals surface area (Å²) in [6, 6.07) is 1.50. The normalized spacial score (nSPS) is 9.91. The van der Waals surface area contributed by atoms with Crippen molar-refractivity contribution < 1.29 is 0 Å². The Hall–Kier alpha value is -0.680. The maximum absolute atomic E-state index is 5.44. The number of aromatic nitrogens is 2. The minimum Gasteiger partial charge on any atom is -0.383 e. The van der Waals surface area contributed by atoms with E-state index in [9.17, 15) is 0 Å². The maximum atomic E-state index is 5.44. The Morgan fingerprint density at radius 1 is 1.36 bits per heavy atom. The van der Waals surface area contributed by atoms with E-state index in [1.165, 1.54) is 17.8 Å². The van der Waals surface area contributed by atoms with Gasteiger partial charge < -0.3 is 11.5 Å². The van der Waals surface area contributed by atoms with Crippen LogP contribution in [0.4, 0.5) is 11.6 Å². The van der Waals surface area contributed by atoms with Crippen molar-refractivity contribution in [1.29, 1.82) is 0 Å². The van der Waals surface area contributed by atoms with Gasteiger partial charge in [0.2, 0.25) is 0 Å². The Morgan fingerprint density at radius 3 is 2.36 bits per heavy atom. The van der Waals surface area contributed by atoms with E-state index < -0.39 is 0 Å². The molecule has 1 aromatic rings. The van der Waals surface area contributed by atoms with Crippen molar-refractivity contribution >= 4 is 35.0 Å². The number of anilines is 2. The molecule has 0 spiro atoms. The first kappa shape index (κ1) is 8.42. The van der Waals surface area contributed by atoms with Crippen molar-refractivity contribution in [2.45, 2.75) is 5.16 Å². The molecule has 0 saturated heterocycles. The standard InChI is InChI=1S/C5H7ClN4S/c6-2-11-5-9-3(7)1-4(8)10-5/h1H,2H2,(H4,7,8,9,10). The van der Waals surface area contributed by atoms with Crippen molar-refractivity contribution in [3.63, 3.8) is 0 Å². The number of rotatable bonds is 2. The third-order valence-corrected chi connectivity index (χ3v) is 1.81. The molecule has 0 fully saturated rings. The van der Waals surface area contributed by atoms with Crippen LogP contribution in [-0.4, -0.2) is 15.2 Å². The highest BCUT2D eigenvalue weighted by atomic mass is 35.5. The first-order valence-corrected chi connectivity index (χ1v) is 4.33. The maximum Gasteiger partial charge on any atom is 0.192 e. The summed E-state index contributed by atoms with van der Waals surface area (Å²) in [7, 11) is 0. The molecule has 1 aromatic heterocycles. The largest absolute Gasteiger partial charge is 0.383 e. The molecular weight excluding hydrogens is 184 g/mol. The molecule has 0 bridgehead atoms. The Morgan fingerprint density at radius 2 is 1.91 bits per heavy atom. The highest BCUT2D eigenvalue weighted by Gasteiger charge is 1.98. The summed E-state index contributed by atoms with van der Waals surface area (Å²) in [5.74, 6) is 0.732. The van der Waals surface area contributed by atoms with E-state index in [1.54, 1.807) is 0 Å². The summed E-state index contributed by atoms with van der Waals surface area (Å²) >= 11 is 6.73. The predicted molar refractivity (Wildman–Crippen MR) is 47.4 cm³/mol. The number of nitrogens with zero attached hydrogens (tertiary/aromatic N) is 2. The molecule has 0 unspecified atom stereocenters. The molecule has 11 heavy (non-hydrogen) atoms. The second-order valence-electron chi connectivity index (χ2n) is 1.75. The van der Waals surface area contributed by atoms with Crippen LogP contribution in [0.5, 0.6) is 0 Å². The number of hydrogen-bond acceptors (Lipinski definition) is 5. The lowest BCUT2D eigenvalue weighted by atomic mass is 10.5.